The number of aromatic amines is 1. The molecule has 4 nitrogen and oxygen atoms in total. The Labute approximate surface area is 109 Å². The molecule has 2 atom stereocenters. The molecule has 0 amide bonds. The van der Waals surface area contributed by atoms with Gasteiger partial charge in [0.1, 0.15) is 6.10 Å². The highest BCUT2D eigenvalue weighted by atomic mass is 16.3. The van der Waals surface area contributed by atoms with E-state index >= 15 is 0 Å². The SMILES string of the molecule is N#CC(O)C(O)c1ccc2c(c1)[nH]c1ccccc12. The van der Waals surface area contributed by atoms with Crippen molar-refractivity contribution in [2.45, 2.75) is 12.2 Å². The molecule has 2 unspecified atom stereocenters. The Balaban J connectivity index is 2.16. The number of nitriles is 1. The molecule has 3 N–H and O–H groups in total. The van der Waals surface area contributed by atoms with Crippen LogP contribution in [-0.2, 0) is 0 Å². The summed E-state index contributed by atoms with van der Waals surface area (Å²) in [4.78, 5) is 3.25. The number of aliphatic hydroxyl groups is 2. The van der Waals surface area contributed by atoms with E-state index in [4.69, 9.17) is 5.26 Å². The predicted molar refractivity (Wildman–Crippen MR) is 72.4 cm³/mol. The first kappa shape index (κ1) is 11.7. The van der Waals surface area contributed by atoms with Crippen molar-refractivity contribution >= 4 is 21.8 Å². The molecule has 0 radical (unpaired) electrons. The Morgan fingerprint density at radius 2 is 1.74 bits per heavy atom. The molecule has 0 aliphatic rings. The molecule has 1 aromatic heterocycles. The second-order valence-electron chi connectivity index (χ2n) is 4.49. The fourth-order valence-corrected chi connectivity index (χ4v) is 2.31. The van der Waals surface area contributed by atoms with Crippen LogP contribution < -0.4 is 0 Å². The van der Waals surface area contributed by atoms with Crippen molar-refractivity contribution in [3.8, 4) is 6.07 Å². The van der Waals surface area contributed by atoms with Gasteiger partial charge >= 0.3 is 0 Å². The highest BCUT2D eigenvalue weighted by molar-refractivity contribution is 6.07. The highest BCUT2D eigenvalue weighted by Crippen LogP contribution is 2.28. The summed E-state index contributed by atoms with van der Waals surface area (Å²) in [7, 11) is 0. The number of para-hydroxylation sites is 1. The van der Waals surface area contributed by atoms with Crippen molar-refractivity contribution in [3.05, 3.63) is 48.0 Å². The van der Waals surface area contributed by atoms with Gasteiger partial charge in [-0.25, -0.2) is 0 Å². The Morgan fingerprint density at radius 1 is 1.00 bits per heavy atom. The van der Waals surface area contributed by atoms with Crippen molar-refractivity contribution in [2.24, 2.45) is 0 Å². The quantitative estimate of drug-likeness (QED) is 0.612. The molecular formula is C15H12N2O2. The van der Waals surface area contributed by atoms with Crippen molar-refractivity contribution < 1.29 is 10.2 Å². The van der Waals surface area contributed by atoms with Gasteiger partial charge in [-0.2, -0.15) is 5.26 Å². The van der Waals surface area contributed by atoms with E-state index in [0.717, 1.165) is 21.8 Å². The number of benzene rings is 2. The minimum Gasteiger partial charge on any atom is -0.385 e. The molecule has 4 heteroatoms. The van der Waals surface area contributed by atoms with Crippen molar-refractivity contribution in [2.75, 3.05) is 0 Å². The lowest BCUT2D eigenvalue weighted by atomic mass is 10.0. The first-order chi connectivity index (χ1) is 9.20. The monoisotopic (exact) mass is 252 g/mol. The van der Waals surface area contributed by atoms with Gasteiger partial charge in [-0.3, -0.25) is 0 Å². The number of fused-ring (bicyclic) bond motifs is 3. The number of aromatic nitrogens is 1. The number of nitrogens with zero attached hydrogens (tertiary/aromatic N) is 1. The zero-order valence-electron chi connectivity index (χ0n) is 10.0. The number of aliphatic hydroxyl groups excluding tert-OH is 2. The Kier molecular flexibility index (Phi) is 2.71. The van der Waals surface area contributed by atoms with E-state index in [1.807, 2.05) is 30.3 Å². The summed E-state index contributed by atoms with van der Waals surface area (Å²) in [6, 6.07) is 14.9. The molecule has 0 fully saturated rings. The minimum absolute atomic E-state index is 0.521. The summed E-state index contributed by atoms with van der Waals surface area (Å²) in [5.74, 6) is 0. The maximum Gasteiger partial charge on any atom is 0.170 e. The fraction of sp³-hybridized carbons (Fsp3) is 0.133. The summed E-state index contributed by atoms with van der Waals surface area (Å²) < 4.78 is 0. The van der Waals surface area contributed by atoms with E-state index in [9.17, 15) is 10.2 Å². The molecule has 0 saturated carbocycles. The van der Waals surface area contributed by atoms with E-state index in [1.165, 1.54) is 0 Å². The summed E-state index contributed by atoms with van der Waals surface area (Å²) in [5.41, 5.74) is 2.42. The molecule has 0 spiro atoms. The molecule has 2 aromatic carbocycles. The standard InChI is InChI=1S/C15H12N2O2/c16-8-14(18)15(19)9-5-6-11-10-3-1-2-4-12(10)17-13(11)7-9/h1-7,14-15,17-19H. The van der Waals surface area contributed by atoms with E-state index in [0.29, 0.717) is 5.56 Å². The summed E-state index contributed by atoms with van der Waals surface area (Å²) in [6.07, 6.45) is -2.61. The smallest absolute Gasteiger partial charge is 0.170 e. The van der Waals surface area contributed by atoms with Gasteiger partial charge in [0.2, 0.25) is 0 Å². The van der Waals surface area contributed by atoms with Crippen LogP contribution in [0.15, 0.2) is 42.5 Å². The van der Waals surface area contributed by atoms with Gasteiger partial charge in [0, 0.05) is 21.8 Å². The molecule has 3 rings (SSSR count). The molecule has 19 heavy (non-hydrogen) atoms. The number of rotatable bonds is 2. The van der Waals surface area contributed by atoms with Crippen LogP contribution in [-0.4, -0.2) is 21.3 Å². The van der Waals surface area contributed by atoms with Crippen LogP contribution in [0.1, 0.15) is 11.7 Å². The van der Waals surface area contributed by atoms with Gasteiger partial charge in [-0.1, -0.05) is 30.3 Å². The molecule has 0 bridgehead atoms. The van der Waals surface area contributed by atoms with Crippen LogP contribution in [0.4, 0.5) is 0 Å². The summed E-state index contributed by atoms with van der Waals surface area (Å²) in [5, 5.41) is 30.0. The van der Waals surface area contributed by atoms with Crippen LogP contribution in [0.3, 0.4) is 0 Å². The second-order valence-corrected chi connectivity index (χ2v) is 4.49. The molecule has 3 aromatic rings. The molecular weight excluding hydrogens is 240 g/mol. The van der Waals surface area contributed by atoms with E-state index in [2.05, 4.69) is 4.98 Å². The summed E-state index contributed by atoms with van der Waals surface area (Å²) >= 11 is 0. The highest BCUT2D eigenvalue weighted by Gasteiger charge is 2.18. The summed E-state index contributed by atoms with van der Waals surface area (Å²) in [6.45, 7) is 0. The third-order valence-corrected chi connectivity index (χ3v) is 3.30. The largest absolute Gasteiger partial charge is 0.385 e. The fourth-order valence-electron chi connectivity index (χ4n) is 2.31. The third-order valence-electron chi connectivity index (χ3n) is 3.30. The average molecular weight is 252 g/mol. The maximum atomic E-state index is 9.84. The van der Waals surface area contributed by atoms with Gasteiger partial charge in [0.15, 0.2) is 6.10 Å². The number of hydrogen-bond acceptors (Lipinski definition) is 3. The average Bonchev–Trinajstić information content (AvgIpc) is 2.83. The molecule has 1 heterocycles. The van der Waals surface area contributed by atoms with Gasteiger partial charge in [-0.15, -0.1) is 0 Å². The first-order valence-corrected chi connectivity index (χ1v) is 5.97. The number of H-pyrrole nitrogens is 1. The lowest BCUT2D eigenvalue weighted by Gasteiger charge is -2.11. The molecule has 0 aliphatic carbocycles. The molecule has 0 aliphatic heterocycles. The molecule has 0 saturated heterocycles. The number of hydrogen-bond donors (Lipinski definition) is 3. The minimum atomic E-state index is -1.41. The maximum absolute atomic E-state index is 9.84. The number of nitrogens with one attached hydrogen (secondary N) is 1. The topological polar surface area (TPSA) is 80.0 Å². The Morgan fingerprint density at radius 3 is 2.53 bits per heavy atom. The van der Waals surface area contributed by atoms with Gasteiger partial charge in [0.05, 0.1) is 6.07 Å². The van der Waals surface area contributed by atoms with E-state index < -0.39 is 12.2 Å². The van der Waals surface area contributed by atoms with Gasteiger partial charge in [0.25, 0.3) is 0 Å². The van der Waals surface area contributed by atoms with Crippen molar-refractivity contribution in [3.63, 3.8) is 0 Å². The lowest BCUT2D eigenvalue weighted by Crippen LogP contribution is -2.15. The van der Waals surface area contributed by atoms with E-state index in [-0.39, 0.29) is 0 Å². The Hall–Kier alpha value is -2.35. The van der Waals surface area contributed by atoms with Gasteiger partial charge < -0.3 is 15.2 Å². The lowest BCUT2D eigenvalue weighted by molar-refractivity contribution is 0.0529. The van der Waals surface area contributed by atoms with E-state index in [1.54, 1.807) is 18.2 Å². The van der Waals surface area contributed by atoms with Crippen LogP contribution in [0.2, 0.25) is 0 Å². The zero-order chi connectivity index (χ0) is 13.4. The third kappa shape index (κ3) is 1.85. The Bertz CT molecular complexity index is 786. The van der Waals surface area contributed by atoms with Crippen LogP contribution in [0.5, 0.6) is 0 Å². The first-order valence-electron chi connectivity index (χ1n) is 5.97. The van der Waals surface area contributed by atoms with Crippen molar-refractivity contribution in [1.82, 2.24) is 4.98 Å². The predicted octanol–water partition coefficient (Wildman–Crippen LogP) is 2.24. The van der Waals surface area contributed by atoms with Crippen LogP contribution in [0, 0.1) is 11.3 Å². The van der Waals surface area contributed by atoms with Crippen LogP contribution in [0.25, 0.3) is 21.8 Å². The van der Waals surface area contributed by atoms with Crippen molar-refractivity contribution in [1.29, 1.82) is 5.26 Å². The second kappa shape index (κ2) is 4.39. The molecule has 94 valence electrons. The van der Waals surface area contributed by atoms with Gasteiger partial charge in [-0.05, 0) is 17.7 Å². The van der Waals surface area contributed by atoms with Crippen LogP contribution >= 0.6 is 0 Å². The zero-order valence-corrected chi connectivity index (χ0v) is 10.0. The normalized spacial score (nSPS) is 14.4.